The molecule has 23 heavy (non-hydrogen) atoms. The van der Waals surface area contributed by atoms with E-state index in [-0.39, 0.29) is 10.8 Å². The van der Waals surface area contributed by atoms with E-state index in [1.54, 1.807) is 6.20 Å². The SMILES string of the molecule is CC1CCC(C(N)=CC(=NC(C)(C)C)NC2=CNNC(Cl)=N2)C1. The Labute approximate surface area is 143 Å². The molecule has 128 valence electrons. The summed E-state index contributed by atoms with van der Waals surface area (Å²) in [6.07, 6.45) is 7.14. The van der Waals surface area contributed by atoms with Crippen LogP contribution in [0.1, 0.15) is 47.0 Å². The molecular formula is C16H27ClN6. The number of rotatable bonds is 3. The first-order chi connectivity index (χ1) is 10.7. The number of hydrogen-bond acceptors (Lipinski definition) is 5. The van der Waals surface area contributed by atoms with E-state index in [1.165, 1.54) is 6.42 Å². The van der Waals surface area contributed by atoms with E-state index < -0.39 is 0 Å². The van der Waals surface area contributed by atoms with Gasteiger partial charge in [-0.05, 0) is 63.1 Å². The molecule has 1 heterocycles. The molecule has 1 aliphatic heterocycles. The Hall–Kier alpha value is -1.69. The van der Waals surface area contributed by atoms with Gasteiger partial charge in [-0.2, -0.15) is 4.99 Å². The van der Waals surface area contributed by atoms with Crippen molar-refractivity contribution in [3.8, 4) is 0 Å². The number of aliphatic imine (C=N–C) groups is 2. The summed E-state index contributed by atoms with van der Waals surface area (Å²) in [6, 6.07) is 0. The smallest absolute Gasteiger partial charge is 0.216 e. The van der Waals surface area contributed by atoms with E-state index in [0.29, 0.717) is 17.6 Å². The van der Waals surface area contributed by atoms with E-state index in [2.05, 4.69) is 28.1 Å². The molecular weight excluding hydrogens is 312 g/mol. The van der Waals surface area contributed by atoms with Crippen molar-refractivity contribution in [1.29, 1.82) is 0 Å². The van der Waals surface area contributed by atoms with Crippen LogP contribution in [0.25, 0.3) is 0 Å². The van der Waals surface area contributed by atoms with Crippen molar-refractivity contribution in [1.82, 2.24) is 16.2 Å². The molecule has 0 aromatic rings. The summed E-state index contributed by atoms with van der Waals surface area (Å²) < 4.78 is 0. The van der Waals surface area contributed by atoms with Gasteiger partial charge in [0.15, 0.2) is 5.82 Å². The maximum Gasteiger partial charge on any atom is 0.216 e. The van der Waals surface area contributed by atoms with Crippen molar-refractivity contribution in [2.24, 2.45) is 27.6 Å². The van der Waals surface area contributed by atoms with Gasteiger partial charge in [0.25, 0.3) is 0 Å². The second-order valence-corrected chi connectivity index (χ2v) is 7.61. The Bertz CT molecular complexity index is 555. The Kier molecular flexibility index (Phi) is 5.57. The average molecular weight is 339 g/mol. The number of nitrogens with zero attached hydrogens (tertiary/aromatic N) is 2. The molecule has 1 saturated carbocycles. The zero-order chi connectivity index (χ0) is 17.0. The van der Waals surface area contributed by atoms with E-state index in [9.17, 15) is 0 Å². The molecule has 1 fully saturated rings. The third kappa shape index (κ3) is 5.78. The molecule has 0 saturated heterocycles. The van der Waals surface area contributed by atoms with Gasteiger partial charge >= 0.3 is 0 Å². The molecule has 7 heteroatoms. The predicted molar refractivity (Wildman–Crippen MR) is 96.7 cm³/mol. The normalized spacial score (nSPS) is 26.1. The Balaban J connectivity index is 2.18. The van der Waals surface area contributed by atoms with Crippen LogP contribution >= 0.6 is 11.6 Å². The Morgan fingerprint density at radius 3 is 2.78 bits per heavy atom. The van der Waals surface area contributed by atoms with Gasteiger partial charge in [-0.25, -0.2) is 0 Å². The molecule has 0 amide bonds. The lowest BCUT2D eigenvalue weighted by atomic mass is 10.0. The van der Waals surface area contributed by atoms with Gasteiger partial charge in [-0.3, -0.25) is 10.4 Å². The van der Waals surface area contributed by atoms with E-state index in [4.69, 9.17) is 22.3 Å². The minimum absolute atomic E-state index is 0.226. The van der Waals surface area contributed by atoms with Crippen LogP contribution in [0.3, 0.4) is 0 Å². The topological polar surface area (TPSA) is 86.8 Å². The molecule has 2 rings (SSSR count). The van der Waals surface area contributed by atoms with Gasteiger partial charge in [-0.1, -0.05) is 13.3 Å². The molecule has 2 unspecified atom stereocenters. The third-order valence-corrected chi connectivity index (χ3v) is 3.96. The van der Waals surface area contributed by atoms with Crippen LogP contribution in [-0.2, 0) is 0 Å². The fourth-order valence-corrected chi connectivity index (χ4v) is 2.91. The molecule has 6 nitrogen and oxygen atoms in total. The van der Waals surface area contributed by atoms with Gasteiger partial charge in [0, 0.05) is 5.70 Å². The lowest BCUT2D eigenvalue weighted by Gasteiger charge is -2.19. The first kappa shape index (κ1) is 17.7. The van der Waals surface area contributed by atoms with Gasteiger partial charge < -0.3 is 16.5 Å². The molecule has 0 aromatic carbocycles. The van der Waals surface area contributed by atoms with Crippen molar-refractivity contribution in [3.63, 3.8) is 0 Å². The molecule has 2 atom stereocenters. The second-order valence-electron chi connectivity index (χ2n) is 7.25. The fourth-order valence-electron chi connectivity index (χ4n) is 2.77. The van der Waals surface area contributed by atoms with E-state index in [1.807, 2.05) is 26.8 Å². The van der Waals surface area contributed by atoms with Crippen LogP contribution in [0.2, 0.25) is 0 Å². The summed E-state index contributed by atoms with van der Waals surface area (Å²) in [5.74, 6) is 2.45. The second kappa shape index (κ2) is 7.25. The van der Waals surface area contributed by atoms with Crippen molar-refractivity contribution in [2.45, 2.75) is 52.5 Å². The number of amidine groups is 2. The summed E-state index contributed by atoms with van der Waals surface area (Å²) in [7, 11) is 0. The third-order valence-electron chi connectivity index (χ3n) is 3.78. The average Bonchev–Trinajstić information content (AvgIpc) is 2.83. The van der Waals surface area contributed by atoms with Crippen LogP contribution in [0.15, 0.2) is 33.8 Å². The van der Waals surface area contributed by atoms with Crippen molar-refractivity contribution >= 4 is 22.7 Å². The zero-order valence-corrected chi connectivity index (χ0v) is 15.0. The highest BCUT2D eigenvalue weighted by Gasteiger charge is 2.23. The quantitative estimate of drug-likeness (QED) is 0.362. The summed E-state index contributed by atoms with van der Waals surface area (Å²) in [6.45, 7) is 8.41. The summed E-state index contributed by atoms with van der Waals surface area (Å²) >= 11 is 5.87. The van der Waals surface area contributed by atoms with Crippen LogP contribution in [0.4, 0.5) is 0 Å². The standard InChI is InChI=1S/C16H27ClN6/c1-10-5-6-11(7-10)12(18)8-13(22-16(2,3)4)20-14-9-19-23-15(17)21-14/h8-11,19H,5-7,18H2,1-4H3,(H,20,22)(H,21,23). The highest BCUT2D eigenvalue weighted by molar-refractivity contribution is 6.64. The van der Waals surface area contributed by atoms with Gasteiger partial charge in [0.1, 0.15) is 5.84 Å². The number of allylic oxidation sites excluding steroid dienone is 1. The summed E-state index contributed by atoms with van der Waals surface area (Å²) in [4.78, 5) is 8.88. The number of nitrogens with one attached hydrogen (secondary N) is 3. The van der Waals surface area contributed by atoms with Crippen LogP contribution in [0.5, 0.6) is 0 Å². The fraction of sp³-hybridized carbons (Fsp3) is 0.625. The molecule has 0 radical (unpaired) electrons. The number of nitrogens with two attached hydrogens (primary N) is 1. The predicted octanol–water partition coefficient (Wildman–Crippen LogP) is 2.55. The maximum absolute atomic E-state index is 6.32. The number of hydrazine groups is 1. The molecule has 5 N–H and O–H groups in total. The largest absolute Gasteiger partial charge is 0.402 e. The zero-order valence-electron chi connectivity index (χ0n) is 14.3. The van der Waals surface area contributed by atoms with Crippen LogP contribution < -0.4 is 21.9 Å². The number of hydrogen-bond donors (Lipinski definition) is 4. The minimum atomic E-state index is -0.226. The molecule has 0 spiro atoms. The summed E-state index contributed by atoms with van der Waals surface area (Å²) in [5.41, 5.74) is 12.5. The molecule has 0 bridgehead atoms. The maximum atomic E-state index is 6.32. The van der Waals surface area contributed by atoms with Crippen molar-refractivity contribution in [2.75, 3.05) is 0 Å². The molecule has 2 aliphatic rings. The number of halogens is 1. The van der Waals surface area contributed by atoms with Crippen LogP contribution in [-0.4, -0.2) is 16.7 Å². The van der Waals surface area contributed by atoms with Crippen LogP contribution in [0, 0.1) is 11.8 Å². The van der Waals surface area contributed by atoms with Crippen molar-refractivity contribution in [3.05, 3.63) is 23.8 Å². The first-order valence-corrected chi connectivity index (χ1v) is 8.40. The summed E-state index contributed by atoms with van der Waals surface area (Å²) in [5, 5.41) is 3.46. The highest BCUT2D eigenvalue weighted by Crippen LogP contribution is 2.33. The molecule has 1 aliphatic carbocycles. The van der Waals surface area contributed by atoms with Gasteiger partial charge in [0.2, 0.25) is 5.29 Å². The van der Waals surface area contributed by atoms with Gasteiger partial charge in [0.05, 0.1) is 11.7 Å². The van der Waals surface area contributed by atoms with E-state index in [0.717, 1.165) is 24.5 Å². The molecule has 0 aromatic heterocycles. The lowest BCUT2D eigenvalue weighted by Crippen LogP contribution is -2.37. The van der Waals surface area contributed by atoms with Gasteiger partial charge in [-0.15, -0.1) is 0 Å². The van der Waals surface area contributed by atoms with E-state index >= 15 is 0 Å². The first-order valence-electron chi connectivity index (χ1n) is 8.03. The minimum Gasteiger partial charge on any atom is -0.402 e. The monoisotopic (exact) mass is 338 g/mol. The highest BCUT2D eigenvalue weighted by atomic mass is 35.5. The Morgan fingerprint density at radius 2 is 2.22 bits per heavy atom. The van der Waals surface area contributed by atoms with Crippen molar-refractivity contribution < 1.29 is 0 Å². The lowest BCUT2D eigenvalue weighted by molar-refractivity contribution is 0.567. The Morgan fingerprint density at radius 1 is 1.48 bits per heavy atom.